The second-order valence-corrected chi connectivity index (χ2v) is 6.75. The van der Waals surface area contributed by atoms with E-state index in [1.807, 2.05) is 30.7 Å². The first-order valence-corrected chi connectivity index (χ1v) is 9.43. The molecule has 0 unspecified atom stereocenters. The summed E-state index contributed by atoms with van der Waals surface area (Å²) in [6, 6.07) is 10.1. The number of nitrogens with zero attached hydrogens (tertiary/aromatic N) is 2. The average Bonchev–Trinajstić information content (AvgIpc) is 3.21. The highest BCUT2D eigenvalue weighted by Crippen LogP contribution is 2.29. The molecule has 1 aromatic heterocycles. The molecule has 156 valence electrons. The van der Waals surface area contributed by atoms with Gasteiger partial charge in [0.1, 0.15) is 12.4 Å². The predicted molar refractivity (Wildman–Crippen MR) is 115 cm³/mol. The van der Waals surface area contributed by atoms with Gasteiger partial charge in [0, 0.05) is 31.0 Å². The van der Waals surface area contributed by atoms with Crippen LogP contribution in [-0.4, -0.2) is 23.2 Å². The molecule has 0 spiro atoms. The molecule has 3 rings (SSSR count). The molecule has 0 aliphatic carbocycles. The van der Waals surface area contributed by atoms with E-state index in [1.165, 1.54) is 12.1 Å². The van der Waals surface area contributed by atoms with Crippen LogP contribution < -0.4 is 14.8 Å². The average molecular weight is 440 g/mol. The van der Waals surface area contributed by atoms with E-state index in [0.29, 0.717) is 22.1 Å². The molecule has 8 heteroatoms. The Kier molecular flexibility index (Phi) is 9.25. The molecule has 3 aromatic rings. The fourth-order valence-corrected chi connectivity index (χ4v) is 3.00. The summed E-state index contributed by atoms with van der Waals surface area (Å²) in [5, 5.41) is 3.77. The van der Waals surface area contributed by atoms with Crippen LogP contribution in [0, 0.1) is 5.82 Å². The second kappa shape index (κ2) is 11.7. The van der Waals surface area contributed by atoms with Crippen molar-refractivity contribution >= 4 is 24.0 Å². The van der Waals surface area contributed by atoms with Crippen LogP contribution in [0.3, 0.4) is 0 Å². The van der Waals surface area contributed by atoms with E-state index < -0.39 is 0 Å². The van der Waals surface area contributed by atoms with Crippen molar-refractivity contribution in [1.29, 1.82) is 0 Å². The van der Waals surface area contributed by atoms with Crippen molar-refractivity contribution in [2.75, 3.05) is 13.7 Å². The number of rotatable bonds is 10. The Labute approximate surface area is 181 Å². The van der Waals surface area contributed by atoms with Crippen LogP contribution in [0.2, 0.25) is 5.02 Å². The number of ether oxygens (including phenoxy) is 2. The highest BCUT2D eigenvalue weighted by molar-refractivity contribution is 6.31. The lowest BCUT2D eigenvalue weighted by atomic mass is 10.2. The first kappa shape index (κ1) is 23.0. The van der Waals surface area contributed by atoms with Gasteiger partial charge >= 0.3 is 0 Å². The van der Waals surface area contributed by atoms with Crippen molar-refractivity contribution in [3.05, 3.63) is 77.1 Å². The van der Waals surface area contributed by atoms with Crippen molar-refractivity contribution in [2.24, 2.45) is 0 Å². The molecule has 0 saturated carbocycles. The van der Waals surface area contributed by atoms with Gasteiger partial charge in [-0.15, -0.1) is 12.4 Å². The SMILES string of the molecule is COc1cc(CNCCCn2ccnc2)ccc1OCc1ccc(F)cc1Cl.Cl. The van der Waals surface area contributed by atoms with Gasteiger partial charge in [0.15, 0.2) is 11.5 Å². The Bertz CT molecular complexity index is 892. The summed E-state index contributed by atoms with van der Waals surface area (Å²) in [5.41, 5.74) is 1.82. The van der Waals surface area contributed by atoms with Gasteiger partial charge in [0.2, 0.25) is 0 Å². The minimum absolute atomic E-state index is 0. The highest BCUT2D eigenvalue weighted by Gasteiger charge is 2.08. The summed E-state index contributed by atoms with van der Waals surface area (Å²) in [6.07, 6.45) is 6.59. The van der Waals surface area contributed by atoms with Gasteiger partial charge in [-0.1, -0.05) is 23.7 Å². The molecule has 0 atom stereocenters. The third kappa shape index (κ3) is 6.92. The van der Waals surface area contributed by atoms with Crippen molar-refractivity contribution in [2.45, 2.75) is 26.1 Å². The van der Waals surface area contributed by atoms with Crippen LogP contribution in [0.1, 0.15) is 17.5 Å². The summed E-state index contributed by atoms with van der Waals surface area (Å²) in [6.45, 7) is 2.82. The van der Waals surface area contributed by atoms with Crippen LogP contribution in [0.4, 0.5) is 4.39 Å². The third-order valence-electron chi connectivity index (χ3n) is 4.28. The van der Waals surface area contributed by atoms with E-state index in [1.54, 1.807) is 19.4 Å². The second-order valence-electron chi connectivity index (χ2n) is 6.34. The zero-order valence-electron chi connectivity index (χ0n) is 16.1. The predicted octanol–water partition coefficient (Wildman–Crippen LogP) is 4.86. The molecule has 2 aromatic carbocycles. The number of aryl methyl sites for hydroxylation is 1. The van der Waals surface area contributed by atoms with Crippen molar-refractivity contribution in [3.8, 4) is 11.5 Å². The molecular weight excluding hydrogens is 416 g/mol. The Morgan fingerprint density at radius 3 is 2.76 bits per heavy atom. The maximum atomic E-state index is 13.1. The first-order chi connectivity index (χ1) is 13.7. The summed E-state index contributed by atoms with van der Waals surface area (Å²) >= 11 is 6.05. The summed E-state index contributed by atoms with van der Waals surface area (Å²) in [7, 11) is 1.61. The third-order valence-corrected chi connectivity index (χ3v) is 4.64. The molecule has 5 nitrogen and oxygen atoms in total. The maximum absolute atomic E-state index is 13.1. The van der Waals surface area contributed by atoms with E-state index in [0.717, 1.165) is 31.6 Å². The van der Waals surface area contributed by atoms with Crippen LogP contribution in [-0.2, 0) is 19.7 Å². The fraction of sp³-hybridized carbons (Fsp3) is 0.286. The smallest absolute Gasteiger partial charge is 0.161 e. The van der Waals surface area contributed by atoms with E-state index in [9.17, 15) is 4.39 Å². The Morgan fingerprint density at radius 1 is 1.17 bits per heavy atom. The van der Waals surface area contributed by atoms with Crippen molar-refractivity contribution in [3.63, 3.8) is 0 Å². The van der Waals surface area contributed by atoms with Crippen LogP contribution >= 0.6 is 24.0 Å². The molecule has 0 aliphatic heterocycles. The lowest BCUT2D eigenvalue weighted by Crippen LogP contribution is -2.16. The van der Waals surface area contributed by atoms with Crippen LogP contribution in [0.15, 0.2) is 55.1 Å². The minimum Gasteiger partial charge on any atom is -0.493 e. The topological polar surface area (TPSA) is 48.3 Å². The van der Waals surface area contributed by atoms with Crippen LogP contribution in [0.25, 0.3) is 0 Å². The number of methoxy groups -OCH3 is 1. The summed E-state index contributed by atoms with van der Waals surface area (Å²) in [5.74, 6) is 0.899. The van der Waals surface area contributed by atoms with Gasteiger partial charge in [-0.05, 0) is 42.8 Å². The number of nitrogens with one attached hydrogen (secondary N) is 1. The van der Waals surface area contributed by atoms with E-state index in [4.69, 9.17) is 21.1 Å². The van der Waals surface area contributed by atoms with E-state index >= 15 is 0 Å². The molecule has 0 amide bonds. The van der Waals surface area contributed by atoms with Gasteiger partial charge in [-0.3, -0.25) is 0 Å². The molecule has 29 heavy (non-hydrogen) atoms. The summed E-state index contributed by atoms with van der Waals surface area (Å²) in [4.78, 5) is 4.03. The Morgan fingerprint density at radius 2 is 2.03 bits per heavy atom. The van der Waals surface area contributed by atoms with Gasteiger partial charge in [-0.2, -0.15) is 0 Å². The molecule has 0 fully saturated rings. The van der Waals surface area contributed by atoms with Crippen molar-refractivity contribution < 1.29 is 13.9 Å². The Hall–Kier alpha value is -2.28. The standard InChI is InChI=1S/C21H23ClFN3O2.ClH/c1-27-21-11-16(13-24-7-2-9-26-10-8-25-15-26)3-6-20(21)28-14-17-4-5-18(23)12-19(17)22;/h3-6,8,10-12,15,24H,2,7,9,13-14H2,1H3;1H. The summed E-state index contributed by atoms with van der Waals surface area (Å²) < 4.78 is 26.5. The largest absolute Gasteiger partial charge is 0.493 e. The Balaban J connectivity index is 0.00000300. The fourth-order valence-electron chi connectivity index (χ4n) is 2.77. The monoisotopic (exact) mass is 439 g/mol. The first-order valence-electron chi connectivity index (χ1n) is 9.06. The van der Waals surface area contributed by atoms with Gasteiger partial charge in [0.05, 0.1) is 18.5 Å². The number of halogens is 3. The molecule has 0 aliphatic rings. The lowest BCUT2D eigenvalue weighted by Gasteiger charge is -2.13. The number of imidazole rings is 1. The van der Waals surface area contributed by atoms with E-state index in [2.05, 4.69) is 14.9 Å². The normalized spacial score (nSPS) is 10.4. The van der Waals surface area contributed by atoms with Crippen molar-refractivity contribution in [1.82, 2.24) is 14.9 Å². The van der Waals surface area contributed by atoms with Gasteiger partial charge in [0.25, 0.3) is 0 Å². The van der Waals surface area contributed by atoms with E-state index in [-0.39, 0.29) is 24.8 Å². The molecule has 0 radical (unpaired) electrons. The molecule has 1 heterocycles. The minimum atomic E-state index is -0.367. The zero-order chi connectivity index (χ0) is 19.8. The molecular formula is C21H24Cl2FN3O2. The highest BCUT2D eigenvalue weighted by atomic mass is 35.5. The zero-order valence-corrected chi connectivity index (χ0v) is 17.7. The van der Waals surface area contributed by atoms with Gasteiger partial charge in [-0.25, -0.2) is 9.37 Å². The number of hydrogen-bond donors (Lipinski definition) is 1. The quantitative estimate of drug-likeness (QED) is 0.458. The number of benzene rings is 2. The molecule has 0 saturated heterocycles. The van der Waals surface area contributed by atoms with Crippen LogP contribution in [0.5, 0.6) is 11.5 Å². The lowest BCUT2D eigenvalue weighted by molar-refractivity contribution is 0.284. The number of hydrogen-bond acceptors (Lipinski definition) is 4. The molecule has 1 N–H and O–H groups in total. The van der Waals surface area contributed by atoms with Gasteiger partial charge < -0.3 is 19.4 Å². The number of aromatic nitrogens is 2. The molecule has 0 bridgehead atoms. The maximum Gasteiger partial charge on any atom is 0.161 e.